The second kappa shape index (κ2) is 8.20. The number of hydrogen-bond acceptors (Lipinski definition) is 3. The van der Waals surface area contributed by atoms with Crippen molar-refractivity contribution in [3.63, 3.8) is 0 Å². The van der Waals surface area contributed by atoms with E-state index in [-0.39, 0.29) is 5.91 Å². The van der Waals surface area contributed by atoms with Gasteiger partial charge in [-0.2, -0.15) is 0 Å². The summed E-state index contributed by atoms with van der Waals surface area (Å²) in [6.45, 7) is 2.54. The quantitative estimate of drug-likeness (QED) is 0.858. The summed E-state index contributed by atoms with van der Waals surface area (Å²) in [7, 11) is 0. The minimum atomic E-state index is 0.0627. The molecule has 1 aliphatic rings. The molecule has 1 aliphatic carbocycles. The maximum atomic E-state index is 12.0. The van der Waals surface area contributed by atoms with Crippen molar-refractivity contribution >= 4 is 23.4 Å². The van der Waals surface area contributed by atoms with Crippen molar-refractivity contribution < 1.29 is 9.53 Å². The fourth-order valence-corrected chi connectivity index (χ4v) is 3.59. The molecule has 0 unspecified atom stereocenters. The second-order valence-electron chi connectivity index (χ2n) is 5.05. The number of amides is 1. The number of para-hydroxylation sites is 2. The molecule has 0 heterocycles. The molecule has 0 bridgehead atoms. The highest BCUT2D eigenvalue weighted by molar-refractivity contribution is 8.00. The molecule has 110 valence electrons. The van der Waals surface area contributed by atoms with Gasteiger partial charge in [0.2, 0.25) is 5.91 Å². The number of anilines is 1. The Hall–Kier alpha value is -1.16. The minimum Gasteiger partial charge on any atom is -0.492 e. The Balaban J connectivity index is 1.81. The summed E-state index contributed by atoms with van der Waals surface area (Å²) in [6.07, 6.45) is 6.49. The molecule has 2 rings (SSSR count). The molecule has 4 heteroatoms. The van der Waals surface area contributed by atoms with Gasteiger partial charge in [0.05, 0.1) is 18.0 Å². The van der Waals surface area contributed by atoms with Crippen molar-refractivity contribution in [2.45, 2.75) is 44.3 Å². The summed E-state index contributed by atoms with van der Waals surface area (Å²) in [6, 6.07) is 7.59. The summed E-state index contributed by atoms with van der Waals surface area (Å²) >= 11 is 1.79. The van der Waals surface area contributed by atoms with Gasteiger partial charge in [-0.1, -0.05) is 31.4 Å². The zero-order valence-electron chi connectivity index (χ0n) is 12.1. The van der Waals surface area contributed by atoms with Crippen LogP contribution in [0.3, 0.4) is 0 Å². The fourth-order valence-electron chi connectivity index (χ4n) is 2.46. The van der Waals surface area contributed by atoms with Crippen molar-refractivity contribution in [1.82, 2.24) is 0 Å². The standard InChI is InChI=1S/C16H23NO2S/c1-2-19-15-11-7-6-10-14(15)17-16(18)12-20-13-8-4-3-5-9-13/h6-7,10-11,13H,2-5,8-9,12H2,1H3,(H,17,18). The Morgan fingerprint density at radius 1 is 1.30 bits per heavy atom. The van der Waals surface area contributed by atoms with Gasteiger partial charge in [0.15, 0.2) is 0 Å². The summed E-state index contributed by atoms with van der Waals surface area (Å²) < 4.78 is 5.51. The van der Waals surface area contributed by atoms with Crippen molar-refractivity contribution in [1.29, 1.82) is 0 Å². The van der Waals surface area contributed by atoms with Crippen LogP contribution in [0, 0.1) is 0 Å². The van der Waals surface area contributed by atoms with Gasteiger partial charge >= 0.3 is 0 Å². The molecule has 0 aliphatic heterocycles. The largest absolute Gasteiger partial charge is 0.492 e. The molecule has 1 N–H and O–H groups in total. The first-order chi connectivity index (χ1) is 9.79. The highest BCUT2D eigenvalue weighted by Crippen LogP contribution is 2.29. The van der Waals surface area contributed by atoms with E-state index in [0.717, 1.165) is 11.4 Å². The molecule has 1 aromatic rings. The van der Waals surface area contributed by atoms with Gasteiger partial charge in [-0.3, -0.25) is 4.79 Å². The van der Waals surface area contributed by atoms with E-state index in [1.807, 2.05) is 31.2 Å². The molecule has 0 spiro atoms. The lowest BCUT2D eigenvalue weighted by Gasteiger charge is -2.20. The zero-order valence-corrected chi connectivity index (χ0v) is 12.9. The molecule has 0 aromatic heterocycles. The maximum absolute atomic E-state index is 12.0. The van der Waals surface area contributed by atoms with Crippen molar-refractivity contribution in [2.75, 3.05) is 17.7 Å². The van der Waals surface area contributed by atoms with Gasteiger partial charge in [-0.25, -0.2) is 0 Å². The zero-order chi connectivity index (χ0) is 14.2. The third-order valence-electron chi connectivity index (χ3n) is 3.46. The van der Waals surface area contributed by atoms with Gasteiger partial charge < -0.3 is 10.1 Å². The van der Waals surface area contributed by atoms with Crippen molar-refractivity contribution in [2.24, 2.45) is 0 Å². The van der Waals surface area contributed by atoms with Crippen molar-refractivity contribution in [3.05, 3.63) is 24.3 Å². The van der Waals surface area contributed by atoms with Crippen LogP contribution in [-0.4, -0.2) is 23.5 Å². The van der Waals surface area contributed by atoms with E-state index in [1.165, 1.54) is 32.1 Å². The molecule has 0 radical (unpaired) electrons. The van der Waals surface area contributed by atoms with E-state index < -0.39 is 0 Å². The van der Waals surface area contributed by atoms with Crippen molar-refractivity contribution in [3.8, 4) is 5.75 Å². The second-order valence-corrected chi connectivity index (χ2v) is 6.34. The number of benzene rings is 1. The highest BCUT2D eigenvalue weighted by atomic mass is 32.2. The molecule has 20 heavy (non-hydrogen) atoms. The lowest BCUT2D eigenvalue weighted by molar-refractivity contribution is -0.113. The predicted octanol–water partition coefficient (Wildman–Crippen LogP) is 4.09. The third kappa shape index (κ3) is 4.75. The molecule has 0 atom stereocenters. The van der Waals surface area contributed by atoms with Crippen LogP contribution in [0.4, 0.5) is 5.69 Å². The minimum absolute atomic E-state index is 0.0627. The van der Waals surface area contributed by atoms with Crippen LogP contribution in [0.15, 0.2) is 24.3 Å². The van der Waals surface area contributed by atoms with Crippen LogP contribution >= 0.6 is 11.8 Å². The first-order valence-corrected chi connectivity index (χ1v) is 8.47. The van der Waals surface area contributed by atoms with E-state index >= 15 is 0 Å². The smallest absolute Gasteiger partial charge is 0.234 e. The lowest BCUT2D eigenvalue weighted by Crippen LogP contribution is -2.18. The van der Waals surface area contributed by atoms with Gasteiger partial charge in [-0.05, 0) is 31.9 Å². The Kier molecular flexibility index (Phi) is 6.25. The van der Waals surface area contributed by atoms with Gasteiger partial charge in [0, 0.05) is 5.25 Å². The van der Waals surface area contributed by atoms with Crippen LogP contribution in [0.1, 0.15) is 39.0 Å². The summed E-state index contributed by atoms with van der Waals surface area (Å²) in [4.78, 5) is 12.0. The molecule has 0 saturated heterocycles. The van der Waals surface area contributed by atoms with Crippen LogP contribution in [0.2, 0.25) is 0 Å². The van der Waals surface area contributed by atoms with E-state index in [4.69, 9.17) is 4.74 Å². The Bertz CT molecular complexity index is 430. The van der Waals surface area contributed by atoms with Crippen LogP contribution in [-0.2, 0) is 4.79 Å². The highest BCUT2D eigenvalue weighted by Gasteiger charge is 2.15. The van der Waals surface area contributed by atoms with E-state index in [9.17, 15) is 4.79 Å². The molecule has 1 aromatic carbocycles. The fraction of sp³-hybridized carbons (Fsp3) is 0.562. The first kappa shape index (κ1) is 15.2. The molecule has 1 saturated carbocycles. The normalized spacial score (nSPS) is 15.8. The van der Waals surface area contributed by atoms with E-state index in [2.05, 4.69) is 5.32 Å². The SMILES string of the molecule is CCOc1ccccc1NC(=O)CSC1CCCCC1. The maximum Gasteiger partial charge on any atom is 0.234 e. The molecule has 1 amide bonds. The molecule has 3 nitrogen and oxygen atoms in total. The Morgan fingerprint density at radius 3 is 2.80 bits per heavy atom. The first-order valence-electron chi connectivity index (χ1n) is 7.43. The monoisotopic (exact) mass is 293 g/mol. The van der Waals surface area contributed by atoms with Gasteiger partial charge in [-0.15, -0.1) is 11.8 Å². The van der Waals surface area contributed by atoms with Crippen LogP contribution < -0.4 is 10.1 Å². The average molecular weight is 293 g/mol. The van der Waals surface area contributed by atoms with E-state index in [0.29, 0.717) is 17.6 Å². The summed E-state index contributed by atoms with van der Waals surface area (Å²) in [5.74, 6) is 1.34. The van der Waals surface area contributed by atoms with Gasteiger partial charge in [0.25, 0.3) is 0 Å². The molecular weight excluding hydrogens is 270 g/mol. The number of carbonyl (C=O) groups excluding carboxylic acids is 1. The Labute approximate surface area is 125 Å². The third-order valence-corrected chi connectivity index (χ3v) is 4.83. The number of nitrogens with one attached hydrogen (secondary N) is 1. The van der Waals surface area contributed by atoms with E-state index in [1.54, 1.807) is 11.8 Å². The topological polar surface area (TPSA) is 38.3 Å². The summed E-state index contributed by atoms with van der Waals surface area (Å²) in [5, 5.41) is 3.61. The van der Waals surface area contributed by atoms with Crippen LogP contribution in [0.25, 0.3) is 0 Å². The number of ether oxygens (including phenoxy) is 1. The Morgan fingerprint density at radius 2 is 2.05 bits per heavy atom. The number of carbonyl (C=O) groups is 1. The van der Waals surface area contributed by atoms with Gasteiger partial charge in [0.1, 0.15) is 5.75 Å². The number of thioether (sulfide) groups is 1. The lowest BCUT2D eigenvalue weighted by atomic mass is 10.0. The number of hydrogen-bond donors (Lipinski definition) is 1. The predicted molar refractivity (Wildman–Crippen MR) is 85.6 cm³/mol. The molecule has 1 fully saturated rings. The average Bonchev–Trinajstić information content (AvgIpc) is 2.49. The number of rotatable bonds is 6. The van der Waals surface area contributed by atoms with Crippen LogP contribution in [0.5, 0.6) is 5.75 Å². The summed E-state index contributed by atoms with van der Waals surface area (Å²) in [5.41, 5.74) is 0.767. The molecular formula is C16H23NO2S.